The Morgan fingerprint density at radius 2 is 1.83 bits per heavy atom. The van der Waals surface area contributed by atoms with Gasteiger partial charge in [-0.15, -0.1) is 5.10 Å². The molecule has 0 atom stereocenters. The molecule has 4 rings (SSSR count). The van der Waals surface area contributed by atoms with E-state index in [9.17, 15) is 4.79 Å². The Kier molecular flexibility index (Phi) is 5.66. The first-order valence-electron chi connectivity index (χ1n) is 9.37. The highest BCUT2D eigenvalue weighted by Crippen LogP contribution is 2.20. The van der Waals surface area contributed by atoms with Gasteiger partial charge in [0.2, 0.25) is 0 Å². The number of tetrazole rings is 1. The molecule has 2 aromatic carbocycles. The number of carbonyl (C=O) groups is 1. The second kappa shape index (κ2) is 8.70. The van der Waals surface area contributed by atoms with E-state index in [0.29, 0.717) is 17.1 Å². The summed E-state index contributed by atoms with van der Waals surface area (Å²) in [4.78, 5) is 14.8. The Morgan fingerprint density at radius 1 is 1.10 bits per heavy atom. The highest BCUT2D eigenvalue weighted by molar-refractivity contribution is 6.04. The van der Waals surface area contributed by atoms with Gasteiger partial charge in [0.05, 0.1) is 13.2 Å². The number of carbonyl (C=O) groups excluding carboxylic acids is 1. The highest BCUT2D eigenvalue weighted by atomic mass is 16.5. The third-order valence-electron chi connectivity index (χ3n) is 4.69. The van der Waals surface area contributed by atoms with Crippen molar-refractivity contribution in [1.29, 1.82) is 0 Å². The van der Waals surface area contributed by atoms with Crippen LogP contribution in [0.3, 0.4) is 0 Å². The van der Waals surface area contributed by atoms with Crippen LogP contribution in [-0.4, -0.2) is 52.4 Å². The first kappa shape index (κ1) is 18.9. The Balaban J connectivity index is 1.32. The van der Waals surface area contributed by atoms with Crippen molar-refractivity contribution in [2.45, 2.75) is 6.61 Å². The standard InChI is InChI=1S/C20H22N6O3/c1-25-19(22-23-24-25)14-29-18-8-2-15(3-9-18)20(27)21-16-4-6-17(7-5-16)26-10-12-28-13-11-26/h2-9H,10-14H2,1H3,(H,21,27). The Hall–Kier alpha value is -3.46. The van der Waals surface area contributed by atoms with Crippen molar-refractivity contribution in [3.63, 3.8) is 0 Å². The minimum absolute atomic E-state index is 0.173. The monoisotopic (exact) mass is 394 g/mol. The lowest BCUT2D eigenvalue weighted by Gasteiger charge is -2.28. The summed E-state index contributed by atoms with van der Waals surface area (Å²) in [6, 6.07) is 14.8. The van der Waals surface area contributed by atoms with Gasteiger partial charge in [0.15, 0.2) is 5.82 Å². The fraction of sp³-hybridized carbons (Fsp3) is 0.300. The van der Waals surface area contributed by atoms with E-state index in [1.807, 2.05) is 24.3 Å². The summed E-state index contributed by atoms with van der Waals surface area (Å²) in [7, 11) is 1.75. The van der Waals surface area contributed by atoms with Crippen LogP contribution in [0.5, 0.6) is 5.75 Å². The van der Waals surface area contributed by atoms with Gasteiger partial charge in [0.1, 0.15) is 12.4 Å². The average molecular weight is 394 g/mol. The number of hydrogen-bond acceptors (Lipinski definition) is 7. The number of hydrogen-bond donors (Lipinski definition) is 1. The molecule has 0 saturated carbocycles. The lowest BCUT2D eigenvalue weighted by atomic mass is 10.2. The molecule has 1 aliphatic rings. The quantitative estimate of drug-likeness (QED) is 0.682. The Bertz CT molecular complexity index is 949. The predicted octanol–water partition coefficient (Wildman–Crippen LogP) is 1.88. The summed E-state index contributed by atoms with van der Waals surface area (Å²) in [6.45, 7) is 3.51. The van der Waals surface area contributed by atoms with Crippen LogP contribution in [0.25, 0.3) is 0 Å². The van der Waals surface area contributed by atoms with E-state index in [1.165, 1.54) is 0 Å². The van der Waals surface area contributed by atoms with Crippen molar-refractivity contribution in [3.8, 4) is 5.75 Å². The van der Waals surface area contributed by atoms with E-state index in [-0.39, 0.29) is 12.5 Å². The number of nitrogens with one attached hydrogen (secondary N) is 1. The third kappa shape index (κ3) is 4.69. The van der Waals surface area contributed by atoms with Crippen molar-refractivity contribution < 1.29 is 14.3 Å². The number of anilines is 2. The Morgan fingerprint density at radius 3 is 2.48 bits per heavy atom. The minimum atomic E-state index is -0.173. The number of benzene rings is 2. The highest BCUT2D eigenvalue weighted by Gasteiger charge is 2.12. The van der Waals surface area contributed by atoms with Gasteiger partial charge in [-0.2, -0.15) is 0 Å². The summed E-state index contributed by atoms with van der Waals surface area (Å²) in [5.41, 5.74) is 2.43. The number of amides is 1. The molecule has 0 spiro atoms. The van der Waals surface area contributed by atoms with Gasteiger partial charge in [-0.25, -0.2) is 4.68 Å². The van der Waals surface area contributed by atoms with E-state index >= 15 is 0 Å². The van der Waals surface area contributed by atoms with Gasteiger partial charge >= 0.3 is 0 Å². The maximum Gasteiger partial charge on any atom is 0.255 e. The second-order valence-corrected chi connectivity index (χ2v) is 6.63. The van der Waals surface area contributed by atoms with E-state index in [2.05, 4.69) is 25.7 Å². The van der Waals surface area contributed by atoms with E-state index in [4.69, 9.17) is 9.47 Å². The van der Waals surface area contributed by atoms with E-state index < -0.39 is 0 Å². The molecule has 9 heteroatoms. The third-order valence-corrected chi connectivity index (χ3v) is 4.69. The zero-order valence-electron chi connectivity index (χ0n) is 16.1. The number of rotatable bonds is 6. The van der Waals surface area contributed by atoms with Gasteiger partial charge in [-0.05, 0) is 59.0 Å². The van der Waals surface area contributed by atoms with Gasteiger partial charge in [-0.3, -0.25) is 4.79 Å². The number of ether oxygens (including phenoxy) is 2. The fourth-order valence-electron chi connectivity index (χ4n) is 3.00. The molecule has 1 saturated heterocycles. The summed E-state index contributed by atoms with van der Waals surface area (Å²) >= 11 is 0. The van der Waals surface area contributed by atoms with Crippen LogP contribution in [0.2, 0.25) is 0 Å². The maximum absolute atomic E-state index is 12.5. The molecule has 29 heavy (non-hydrogen) atoms. The Labute approximate surface area is 168 Å². The zero-order valence-corrected chi connectivity index (χ0v) is 16.1. The summed E-state index contributed by atoms with van der Waals surface area (Å²) in [6.07, 6.45) is 0. The van der Waals surface area contributed by atoms with Crippen LogP contribution in [0.15, 0.2) is 48.5 Å². The molecule has 150 valence electrons. The molecular weight excluding hydrogens is 372 g/mol. The number of morpholine rings is 1. The van der Waals surface area contributed by atoms with Crippen LogP contribution < -0.4 is 15.0 Å². The van der Waals surface area contributed by atoms with Crippen LogP contribution in [0, 0.1) is 0 Å². The van der Waals surface area contributed by atoms with Crippen molar-refractivity contribution in [3.05, 3.63) is 59.9 Å². The van der Waals surface area contributed by atoms with Crippen LogP contribution in [0.4, 0.5) is 11.4 Å². The van der Waals surface area contributed by atoms with Gasteiger partial charge < -0.3 is 19.7 Å². The molecule has 3 aromatic rings. The maximum atomic E-state index is 12.5. The summed E-state index contributed by atoms with van der Waals surface area (Å²) in [5.74, 6) is 1.08. The number of nitrogens with zero attached hydrogens (tertiary/aromatic N) is 5. The molecule has 0 unspecified atom stereocenters. The topological polar surface area (TPSA) is 94.4 Å². The minimum Gasteiger partial charge on any atom is -0.486 e. The van der Waals surface area contributed by atoms with Gasteiger partial charge in [0.25, 0.3) is 5.91 Å². The molecule has 1 aliphatic heterocycles. The SMILES string of the molecule is Cn1nnnc1COc1ccc(C(=O)Nc2ccc(N3CCOCC3)cc2)cc1. The fourth-order valence-corrected chi connectivity index (χ4v) is 3.00. The van der Waals surface area contributed by atoms with Gasteiger partial charge in [0, 0.05) is 37.1 Å². The second-order valence-electron chi connectivity index (χ2n) is 6.63. The molecule has 1 amide bonds. The molecule has 1 N–H and O–H groups in total. The van der Waals surface area contributed by atoms with E-state index in [1.54, 1.807) is 36.0 Å². The number of aryl methyl sites for hydroxylation is 1. The summed E-state index contributed by atoms with van der Waals surface area (Å²) in [5, 5.41) is 14.1. The lowest BCUT2D eigenvalue weighted by Crippen LogP contribution is -2.36. The zero-order chi connectivity index (χ0) is 20.1. The first-order chi connectivity index (χ1) is 14.2. The number of aromatic nitrogens is 4. The lowest BCUT2D eigenvalue weighted by molar-refractivity contribution is 0.102. The largest absolute Gasteiger partial charge is 0.486 e. The predicted molar refractivity (Wildman–Crippen MR) is 107 cm³/mol. The molecule has 1 fully saturated rings. The molecule has 0 radical (unpaired) electrons. The van der Waals surface area contributed by atoms with E-state index in [0.717, 1.165) is 37.7 Å². The normalized spacial score (nSPS) is 13.9. The molecule has 9 nitrogen and oxygen atoms in total. The van der Waals surface area contributed by atoms with Crippen molar-refractivity contribution >= 4 is 17.3 Å². The average Bonchev–Trinajstić information content (AvgIpc) is 3.18. The van der Waals surface area contributed by atoms with Crippen molar-refractivity contribution in [1.82, 2.24) is 20.2 Å². The van der Waals surface area contributed by atoms with Gasteiger partial charge in [-0.1, -0.05) is 0 Å². The molecule has 1 aromatic heterocycles. The van der Waals surface area contributed by atoms with Crippen molar-refractivity contribution in [2.24, 2.45) is 7.05 Å². The smallest absolute Gasteiger partial charge is 0.255 e. The molecule has 0 aliphatic carbocycles. The van der Waals surface area contributed by atoms with Crippen LogP contribution in [0.1, 0.15) is 16.2 Å². The molecular formula is C20H22N6O3. The van der Waals surface area contributed by atoms with Crippen molar-refractivity contribution in [2.75, 3.05) is 36.5 Å². The molecule has 2 heterocycles. The molecule has 0 bridgehead atoms. The van der Waals surface area contributed by atoms with Crippen LogP contribution >= 0.6 is 0 Å². The summed E-state index contributed by atoms with van der Waals surface area (Å²) < 4.78 is 12.6. The van der Waals surface area contributed by atoms with Crippen LogP contribution in [-0.2, 0) is 18.4 Å². The first-order valence-corrected chi connectivity index (χ1v) is 9.37.